The summed E-state index contributed by atoms with van der Waals surface area (Å²) in [6.07, 6.45) is 0. The quantitative estimate of drug-likeness (QED) is 0.873. The first-order valence-electron chi connectivity index (χ1n) is 5.84. The van der Waals surface area contributed by atoms with Gasteiger partial charge in [0, 0.05) is 5.69 Å². The molecule has 0 aliphatic rings. The molecule has 0 unspecified atom stereocenters. The third-order valence-electron chi connectivity index (χ3n) is 2.86. The first kappa shape index (κ1) is 13.4. The smallest absolute Gasteiger partial charge is 0.335 e. The lowest BCUT2D eigenvalue weighted by atomic mass is 10.1. The van der Waals surface area contributed by atoms with Gasteiger partial charge in [-0.2, -0.15) is 0 Å². The van der Waals surface area contributed by atoms with Gasteiger partial charge < -0.3 is 10.4 Å². The van der Waals surface area contributed by atoms with Crippen molar-refractivity contribution in [3.63, 3.8) is 0 Å². The van der Waals surface area contributed by atoms with Crippen LogP contribution in [0.3, 0.4) is 0 Å². The Bertz CT molecular complexity index is 638. The molecule has 0 saturated carbocycles. The summed E-state index contributed by atoms with van der Waals surface area (Å²) in [7, 11) is 0. The predicted octanol–water partition coefficient (Wildman–Crippen LogP) is 4.40. The maximum atomic E-state index is 10.9. The summed E-state index contributed by atoms with van der Waals surface area (Å²) in [6.45, 7) is 3.74. The molecule has 2 aromatic rings. The molecule has 3 nitrogen and oxygen atoms in total. The van der Waals surface area contributed by atoms with Crippen LogP contribution in [0.1, 0.15) is 21.5 Å². The van der Waals surface area contributed by atoms with Gasteiger partial charge in [-0.15, -0.1) is 0 Å². The van der Waals surface area contributed by atoms with Crippen LogP contribution >= 0.6 is 11.6 Å². The number of rotatable bonds is 3. The zero-order valence-electron chi connectivity index (χ0n) is 10.7. The lowest BCUT2D eigenvalue weighted by Gasteiger charge is -2.10. The van der Waals surface area contributed by atoms with Crippen molar-refractivity contribution in [2.24, 2.45) is 0 Å². The van der Waals surface area contributed by atoms with Gasteiger partial charge in [0.1, 0.15) is 0 Å². The maximum Gasteiger partial charge on any atom is 0.335 e. The van der Waals surface area contributed by atoms with E-state index in [2.05, 4.69) is 5.32 Å². The van der Waals surface area contributed by atoms with E-state index in [0.29, 0.717) is 16.1 Å². The van der Waals surface area contributed by atoms with Crippen LogP contribution in [0.5, 0.6) is 0 Å². The molecule has 0 atom stereocenters. The van der Waals surface area contributed by atoms with Crippen LogP contribution in [0.4, 0.5) is 11.4 Å². The Kier molecular flexibility index (Phi) is 3.76. The number of halogens is 1. The molecule has 0 fully saturated rings. The zero-order chi connectivity index (χ0) is 14.0. The van der Waals surface area contributed by atoms with Gasteiger partial charge in [0.25, 0.3) is 0 Å². The fourth-order valence-corrected chi connectivity index (χ4v) is 2.14. The second kappa shape index (κ2) is 5.33. The minimum absolute atomic E-state index is 0.306. The van der Waals surface area contributed by atoms with Crippen LogP contribution in [-0.2, 0) is 0 Å². The SMILES string of the molecule is Cc1ccc(Nc2ccc(C(=O)O)c(C)c2)c(Cl)c1. The highest BCUT2D eigenvalue weighted by molar-refractivity contribution is 6.33. The molecule has 0 bridgehead atoms. The molecular weight excluding hydrogens is 262 g/mol. The molecule has 2 aromatic carbocycles. The summed E-state index contributed by atoms with van der Waals surface area (Å²) in [5.74, 6) is -0.919. The van der Waals surface area contributed by atoms with Gasteiger partial charge in [-0.1, -0.05) is 17.7 Å². The van der Waals surface area contributed by atoms with Gasteiger partial charge in [-0.25, -0.2) is 4.79 Å². The van der Waals surface area contributed by atoms with Gasteiger partial charge in [0.2, 0.25) is 0 Å². The van der Waals surface area contributed by atoms with E-state index in [9.17, 15) is 4.79 Å². The van der Waals surface area contributed by atoms with E-state index in [4.69, 9.17) is 16.7 Å². The number of hydrogen-bond donors (Lipinski definition) is 2. The summed E-state index contributed by atoms with van der Waals surface area (Å²) in [6, 6.07) is 10.8. The fraction of sp³-hybridized carbons (Fsp3) is 0.133. The second-order valence-electron chi connectivity index (χ2n) is 4.44. The number of anilines is 2. The van der Waals surface area contributed by atoms with E-state index in [1.165, 1.54) is 0 Å². The third kappa shape index (κ3) is 3.06. The van der Waals surface area contributed by atoms with Crippen LogP contribution in [0.25, 0.3) is 0 Å². The summed E-state index contributed by atoms with van der Waals surface area (Å²) >= 11 is 6.14. The summed E-state index contributed by atoms with van der Waals surface area (Å²) in [4.78, 5) is 10.9. The van der Waals surface area contributed by atoms with Gasteiger partial charge in [-0.3, -0.25) is 0 Å². The van der Waals surface area contributed by atoms with Crippen LogP contribution in [-0.4, -0.2) is 11.1 Å². The van der Waals surface area contributed by atoms with Crippen molar-refractivity contribution in [1.82, 2.24) is 0 Å². The highest BCUT2D eigenvalue weighted by atomic mass is 35.5. The van der Waals surface area contributed by atoms with Crippen molar-refractivity contribution in [2.45, 2.75) is 13.8 Å². The van der Waals surface area contributed by atoms with E-state index < -0.39 is 5.97 Å². The van der Waals surface area contributed by atoms with E-state index in [-0.39, 0.29) is 0 Å². The average molecular weight is 276 g/mol. The molecule has 0 aliphatic carbocycles. The number of nitrogens with one attached hydrogen (secondary N) is 1. The molecule has 0 radical (unpaired) electrons. The summed E-state index contributed by atoms with van der Waals surface area (Å²) in [5.41, 5.74) is 3.72. The van der Waals surface area contributed by atoms with Gasteiger partial charge >= 0.3 is 5.97 Å². The lowest BCUT2D eigenvalue weighted by molar-refractivity contribution is 0.0696. The lowest BCUT2D eigenvalue weighted by Crippen LogP contribution is -2.00. The normalized spacial score (nSPS) is 10.3. The van der Waals surface area contributed by atoms with E-state index in [0.717, 1.165) is 16.9 Å². The number of benzene rings is 2. The molecule has 4 heteroatoms. The Morgan fingerprint density at radius 1 is 1.16 bits per heavy atom. The average Bonchev–Trinajstić information content (AvgIpc) is 2.32. The molecule has 19 heavy (non-hydrogen) atoms. The molecule has 0 amide bonds. The van der Waals surface area contributed by atoms with Crippen molar-refractivity contribution in [3.8, 4) is 0 Å². The standard InChI is InChI=1S/C15H14ClNO2/c1-9-3-6-14(13(16)7-9)17-11-4-5-12(15(18)19)10(2)8-11/h3-8,17H,1-2H3,(H,18,19). The van der Waals surface area contributed by atoms with Crippen molar-refractivity contribution >= 4 is 28.9 Å². The Morgan fingerprint density at radius 3 is 2.47 bits per heavy atom. The number of aromatic carboxylic acids is 1. The van der Waals surface area contributed by atoms with Crippen molar-refractivity contribution in [2.75, 3.05) is 5.32 Å². The molecular formula is C15H14ClNO2. The monoisotopic (exact) mass is 275 g/mol. The van der Waals surface area contributed by atoms with Gasteiger partial charge in [0.05, 0.1) is 16.3 Å². The number of aryl methyl sites for hydroxylation is 2. The van der Waals surface area contributed by atoms with E-state index >= 15 is 0 Å². The Morgan fingerprint density at radius 2 is 1.89 bits per heavy atom. The number of hydrogen-bond acceptors (Lipinski definition) is 2. The van der Waals surface area contributed by atoms with Crippen molar-refractivity contribution in [3.05, 3.63) is 58.1 Å². The minimum Gasteiger partial charge on any atom is -0.478 e. The largest absolute Gasteiger partial charge is 0.478 e. The Labute approximate surface area is 116 Å². The molecule has 2 N–H and O–H groups in total. The van der Waals surface area contributed by atoms with Crippen LogP contribution in [0, 0.1) is 13.8 Å². The van der Waals surface area contributed by atoms with E-state index in [1.807, 2.05) is 25.1 Å². The predicted molar refractivity (Wildman–Crippen MR) is 77.6 cm³/mol. The fourth-order valence-electron chi connectivity index (χ4n) is 1.86. The molecule has 0 aliphatic heterocycles. The molecule has 2 rings (SSSR count). The van der Waals surface area contributed by atoms with Crippen LogP contribution < -0.4 is 5.32 Å². The highest BCUT2D eigenvalue weighted by Crippen LogP contribution is 2.27. The topological polar surface area (TPSA) is 49.3 Å². The van der Waals surface area contributed by atoms with Crippen LogP contribution in [0.15, 0.2) is 36.4 Å². The molecule has 0 aromatic heterocycles. The highest BCUT2D eigenvalue weighted by Gasteiger charge is 2.08. The molecule has 0 heterocycles. The number of carbonyl (C=O) groups is 1. The second-order valence-corrected chi connectivity index (χ2v) is 4.85. The summed E-state index contributed by atoms with van der Waals surface area (Å²) < 4.78 is 0. The first-order chi connectivity index (χ1) is 8.97. The number of carboxylic acids is 1. The van der Waals surface area contributed by atoms with Crippen molar-refractivity contribution < 1.29 is 9.90 Å². The molecule has 98 valence electrons. The van der Waals surface area contributed by atoms with Crippen molar-refractivity contribution in [1.29, 1.82) is 0 Å². The zero-order valence-corrected chi connectivity index (χ0v) is 11.5. The maximum absolute atomic E-state index is 10.9. The number of carboxylic acid groups (broad SMARTS) is 1. The minimum atomic E-state index is -0.919. The van der Waals surface area contributed by atoms with Gasteiger partial charge in [-0.05, 0) is 55.3 Å². The van der Waals surface area contributed by atoms with Crippen LogP contribution in [0.2, 0.25) is 5.02 Å². The third-order valence-corrected chi connectivity index (χ3v) is 3.17. The molecule has 0 spiro atoms. The van der Waals surface area contributed by atoms with E-state index in [1.54, 1.807) is 25.1 Å². The molecule has 0 saturated heterocycles. The summed E-state index contributed by atoms with van der Waals surface area (Å²) in [5, 5.41) is 12.8. The Hall–Kier alpha value is -2.00. The Balaban J connectivity index is 2.29. The van der Waals surface area contributed by atoms with Gasteiger partial charge in [0.15, 0.2) is 0 Å². The first-order valence-corrected chi connectivity index (χ1v) is 6.22.